The Labute approximate surface area is 125 Å². The number of hydrogen-bond donors (Lipinski definition) is 2. The van der Waals surface area contributed by atoms with Crippen LogP contribution in [0.25, 0.3) is 17.1 Å². The summed E-state index contributed by atoms with van der Waals surface area (Å²) in [6.45, 7) is 3.73. The third-order valence-corrected chi connectivity index (χ3v) is 3.19. The summed E-state index contributed by atoms with van der Waals surface area (Å²) < 4.78 is 19.5. The van der Waals surface area contributed by atoms with Crippen molar-refractivity contribution >= 4 is 34.4 Å². The maximum absolute atomic E-state index is 13.9. The number of nitrogens with two attached hydrogens (primary N) is 1. The molecule has 0 aliphatic carbocycles. The number of aromatic nitrogens is 2. The van der Waals surface area contributed by atoms with Crippen molar-refractivity contribution in [1.29, 1.82) is 0 Å². The second kappa shape index (κ2) is 5.10. The molecule has 106 valence electrons. The summed E-state index contributed by atoms with van der Waals surface area (Å²) in [4.78, 5) is 7.12. The Morgan fingerprint density at radius 1 is 1.33 bits per heavy atom. The highest BCUT2D eigenvalue weighted by Crippen LogP contribution is 2.35. The van der Waals surface area contributed by atoms with Crippen molar-refractivity contribution in [1.82, 2.24) is 9.97 Å². The zero-order chi connectivity index (χ0) is 15.0. The molecule has 2 aromatic heterocycles. The minimum atomic E-state index is -0.549. The fourth-order valence-corrected chi connectivity index (χ4v) is 2.24. The topological polar surface area (TPSA) is 63.9 Å². The van der Waals surface area contributed by atoms with E-state index in [1.165, 1.54) is 18.2 Å². The van der Waals surface area contributed by atoms with Crippen molar-refractivity contribution in [2.24, 2.45) is 0 Å². The van der Waals surface area contributed by atoms with Gasteiger partial charge in [0.15, 0.2) is 11.6 Å². The molecule has 3 aromatic rings. The summed E-state index contributed by atoms with van der Waals surface area (Å²) in [5.74, 6) is -0.0967. The van der Waals surface area contributed by atoms with Gasteiger partial charge in [-0.2, -0.15) is 0 Å². The molecule has 0 atom stereocenters. The predicted molar refractivity (Wildman–Crippen MR) is 82.1 cm³/mol. The van der Waals surface area contributed by atoms with Crippen LogP contribution in [0.4, 0.5) is 10.1 Å². The molecule has 0 saturated carbocycles. The summed E-state index contributed by atoms with van der Waals surface area (Å²) in [5.41, 5.74) is 7.18. The standard InChI is InChI=1S/C15H11ClFN3O/c1-2-8-7-19-15-14(8)12(6-13(16)20-15)21-11-4-3-9(18)5-10(11)17/h2-7H,1,18H2,(H,19,20). The van der Waals surface area contributed by atoms with E-state index in [-0.39, 0.29) is 10.9 Å². The summed E-state index contributed by atoms with van der Waals surface area (Å²) in [6, 6.07) is 5.75. The number of nitrogens with zero attached hydrogens (tertiary/aromatic N) is 1. The van der Waals surface area contributed by atoms with E-state index in [4.69, 9.17) is 22.1 Å². The van der Waals surface area contributed by atoms with Gasteiger partial charge in [-0.25, -0.2) is 9.37 Å². The van der Waals surface area contributed by atoms with Crippen LogP contribution in [0.3, 0.4) is 0 Å². The quantitative estimate of drug-likeness (QED) is 0.557. The lowest BCUT2D eigenvalue weighted by Crippen LogP contribution is -1.93. The van der Waals surface area contributed by atoms with Gasteiger partial charge < -0.3 is 15.5 Å². The van der Waals surface area contributed by atoms with Crippen LogP contribution < -0.4 is 10.5 Å². The smallest absolute Gasteiger partial charge is 0.167 e. The van der Waals surface area contributed by atoms with Crippen molar-refractivity contribution in [3.05, 3.63) is 53.6 Å². The molecule has 4 nitrogen and oxygen atoms in total. The maximum atomic E-state index is 13.9. The molecule has 3 N–H and O–H groups in total. The Morgan fingerprint density at radius 2 is 2.14 bits per heavy atom. The molecular formula is C15H11ClFN3O. The third kappa shape index (κ3) is 2.43. The van der Waals surface area contributed by atoms with E-state index in [0.29, 0.717) is 22.5 Å². The lowest BCUT2D eigenvalue weighted by atomic mass is 10.2. The monoisotopic (exact) mass is 303 g/mol. The van der Waals surface area contributed by atoms with Crippen molar-refractivity contribution in [3.8, 4) is 11.5 Å². The van der Waals surface area contributed by atoms with E-state index in [1.807, 2.05) is 0 Å². The second-order valence-electron chi connectivity index (χ2n) is 4.41. The minimum absolute atomic E-state index is 0.0592. The first kappa shape index (κ1) is 13.5. The van der Waals surface area contributed by atoms with Crippen LogP contribution in [-0.4, -0.2) is 9.97 Å². The molecule has 0 radical (unpaired) electrons. The number of H-pyrrole nitrogens is 1. The fourth-order valence-electron chi connectivity index (χ4n) is 2.05. The summed E-state index contributed by atoms with van der Waals surface area (Å²) >= 11 is 5.96. The number of nitrogens with one attached hydrogen (secondary N) is 1. The lowest BCUT2D eigenvalue weighted by molar-refractivity contribution is 0.446. The Balaban J connectivity index is 2.15. The molecule has 0 fully saturated rings. The largest absolute Gasteiger partial charge is 0.453 e. The predicted octanol–water partition coefficient (Wildman–Crippen LogP) is 4.37. The van der Waals surface area contributed by atoms with Gasteiger partial charge in [0.1, 0.15) is 16.5 Å². The molecule has 0 spiro atoms. The van der Waals surface area contributed by atoms with Gasteiger partial charge in [0.05, 0.1) is 5.39 Å². The average molecular weight is 304 g/mol. The van der Waals surface area contributed by atoms with Crippen molar-refractivity contribution in [3.63, 3.8) is 0 Å². The Morgan fingerprint density at radius 3 is 2.86 bits per heavy atom. The zero-order valence-electron chi connectivity index (χ0n) is 10.9. The van der Waals surface area contributed by atoms with E-state index in [1.54, 1.807) is 18.3 Å². The van der Waals surface area contributed by atoms with Gasteiger partial charge in [0.2, 0.25) is 0 Å². The van der Waals surface area contributed by atoms with Gasteiger partial charge in [-0.15, -0.1) is 0 Å². The van der Waals surface area contributed by atoms with Crippen LogP contribution in [0.5, 0.6) is 11.5 Å². The van der Waals surface area contributed by atoms with Crippen molar-refractivity contribution < 1.29 is 9.13 Å². The van der Waals surface area contributed by atoms with E-state index >= 15 is 0 Å². The molecule has 21 heavy (non-hydrogen) atoms. The molecule has 0 aliphatic heterocycles. The molecule has 2 heterocycles. The number of anilines is 1. The van der Waals surface area contributed by atoms with Crippen LogP contribution in [0, 0.1) is 5.82 Å². The average Bonchev–Trinajstić information content (AvgIpc) is 2.84. The van der Waals surface area contributed by atoms with E-state index in [0.717, 1.165) is 5.56 Å². The number of hydrogen-bond acceptors (Lipinski definition) is 3. The van der Waals surface area contributed by atoms with Crippen LogP contribution in [0.2, 0.25) is 5.15 Å². The van der Waals surface area contributed by atoms with E-state index in [9.17, 15) is 4.39 Å². The highest BCUT2D eigenvalue weighted by molar-refractivity contribution is 6.30. The number of pyridine rings is 1. The molecule has 0 aliphatic rings. The minimum Gasteiger partial charge on any atom is -0.453 e. The van der Waals surface area contributed by atoms with Gasteiger partial charge in [-0.1, -0.05) is 24.3 Å². The highest BCUT2D eigenvalue weighted by Gasteiger charge is 2.14. The summed E-state index contributed by atoms with van der Waals surface area (Å²) in [6.07, 6.45) is 3.38. The van der Waals surface area contributed by atoms with Gasteiger partial charge in [0.25, 0.3) is 0 Å². The Kier molecular flexibility index (Phi) is 3.27. The molecule has 0 amide bonds. The molecule has 0 unspecified atom stereocenters. The van der Waals surface area contributed by atoms with Gasteiger partial charge in [-0.3, -0.25) is 0 Å². The summed E-state index contributed by atoms with van der Waals surface area (Å²) in [5, 5.41) is 0.927. The van der Waals surface area contributed by atoms with E-state index < -0.39 is 5.82 Å². The number of halogens is 2. The van der Waals surface area contributed by atoms with Crippen LogP contribution in [0.15, 0.2) is 37.0 Å². The van der Waals surface area contributed by atoms with Crippen LogP contribution >= 0.6 is 11.6 Å². The number of aromatic amines is 1. The van der Waals surface area contributed by atoms with Crippen molar-refractivity contribution in [2.45, 2.75) is 0 Å². The number of ether oxygens (including phenoxy) is 1. The van der Waals surface area contributed by atoms with Gasteiger partial charge >= 0.3 is 0 Å². The maximum Gasteiger partial charge on any atom is 0.167 e. The SMILES string of the molecule is C=Cc1c[nH]c2nc(Cl)cc(Oc3ccc(N)cc3F)c12. The zero-order valence-corrected chi connectivity index (χ0v) is 11.6. The molecule has 0 saturated heterocycles. The van der Waals surface area contributed by atoms with Crippen LogP contribution in [0.1, 0.15) is 5.56 Å². The number of fused-ring (bicyclic) bond motifs is 1. The first-order chi connectivity index (χ1) is 10.1. The van der Waals surface area contributed by atoms with Gasteiger partial charge in [0, 0.05) is 29.6 Å². The van der Waals surface area contributed by atoms with Crippen LogP contribution in [-0.2, 0) is 0 Å². The Hall–Kier alpha value is -2.53. The molecule has 6 heteroatoms. The molecule has 0 bridgehead atoms. The third-order valence-electron chi connectivity index (χ3n) is 3.00. The van der Waals surface area contributed by atoms with Crippen molar-refractivity contribution in [2.75, 3.05) is 5.73 Å². The number of nitrogen functional groups attached to an aromatic ring is 1. The fraction of sp³-hybridized carbons (Fsp3) is 0. The second-order valence-corrected chi connectivity index (χ2v) is 4.79. The normalized spacial score (nSPS) is 10.8. The molecule has 3 rings (SSSR count). The summed E-state index contributed by atoms with van der Waals surface area (Å²) in [7, 11) is 0. The Bertz CT molecular complexity index is 844. The lowest BCUT2D eigenvalue weighted by Gasteiger charge is -2.09. The first-order valence-electron chi connectivity index (χ1n) is 6.11. The number of benzene rings is 1. The molecule has 1 aromatic carbocycles. The molecular weight excluding hydrogens is 293 g/mol. The first-order valence-corrected chi connectivity index (χ1v) is 6.49. The van der Waals surface area contributed by atoms with E-state index in [2.05, 4.69) is 16.5 Å². The number of rotatable bonds is 3. The van der Waals surface area contributed by atoms with Gasteiger partial charge in [-0.05, 0) is 12.1 Å². The highest BCUT2D eigenvalue weighted by atomic mass is 35.5.